The van der Waals surface area contributed by atoms with E-state index in [-0.39, 0.29) is 18.1 Å². The van der Waals surface area contributed by atoms with E-state index in [9.17, 15) is 9.18 Å². The molecule has 28 heavy (non-hydrogen) atoms. The number of carbonyl (C=O) groups is 1. The van der Waals surface area contributed by atoms with Crippen molar-refractivity contribution in [1.29, 1.82) is 0 Å². The minimum Gasteiger partial charge on any atom is -0.493 e. The average Bonchev–Trinajstić information content (AvgIpc) is 3.10. The molecule has 0 saturated carbocycles. The number of halogens is 1. The van der Waals surface area contributed by atoms with Crippen LogP contribution in [0.1, 0.15) is 11.1 Å². The van der Waals surface area contributed by atoms with Crippen LogP contribution in [0.15, 0.2) is 36.5 Å². The summed E-state index contributed by atoms with van der Waals surface area (Å²) in [5.74, 6) is 1.26. The number of aromatic nitrogens is 1. The molecule has 0 aliphatic rings. The highest BCUT2D eigenvalue weighted by atomic mass is 19.1. The molecule has 0 aliphatic carbocycles. The van der Waals surface area contributed by atoms with Crippen molar-refractivity contribution in [3.63, 3.8) is 0 Å². The Balaban J connectivity index is 1.70. The second-order valence-electron chi connectivity index (χ2n) is 6.28. The summed E-state index contributed by atoms with van der Waals surface area (Å²) in [7, 11) is 4.72. The lowest BCUT2D eigenvalue weighted by molar-refractivity contribution is -0.120. The molecule has 7 heteroatoms. The molecule has 1 aromatic heterocycles. The number of rotatable bonds is 8. The molecule has 0 bridgehead atoms. The summed E-state index contributed by atoms with van der Waals surface area (Å²) in [4.78, 5) is 15.3. The van der Waals surface area contributed by atoms with Gasteiger partial charge in [-0.2, -0.15) is 0 Å². The molecule has 6 nitrogen and oxygen atoms in total. The zero-order valence-corrected chi connectivity index (χ0v) is 16.1. The Morgan fingerprint density at radius 1 is 1.07 bits per heavy atom. The first kappa shape index (κ1) is 19.5. The highest BCUT2D eigenvalue weighted by Crippen LogP contribution is 2.44. The van der Waals surface area contributed by atoms with Crippen molar-refractivity contribution < 1.29 is 23.4 Å². The van der Waals surface area contributed by atoms with E-state index < -0.39 is 0 Å². The summed E-state index contributed by atoms with van der Waals surface area (Å²) in [6.07, 6.45) is 2.71. The maximum atomic E-state index is 12.9. The van der Waals surface area contributed by atoms with Crippen molar-refractivity contribution in [2.24, 2.45) is 0 Å². The summed E-state index contributed by atoms with van der Waals surface area (Å²) in [6, 6.07) is 7.77. The number of ether oxygens (including phenoxy) is 3. The first-order chi connectivity index (χ1) is 13.6. The summed E-state index contributed by atoms with van der Waals surface area (Å²) in [6.45, 7) is 0.463. The molecule has 0 saturated heterocycles. The third-order valence-corrected chi connectivity index (χ3v) is 4.55. The summed E-state index contributed by atoms with van der Waals surface area (Å²) < 4.78 is 29.3. The van der Waals surface area contributed by atoms with E-state index in [2.05, 4.69) is 10.3 Å². The summed E-state index contributed by atoms with van der Waals surface area (Å²) in [5, 5.41) is 3.79. The van der Waals surface area contributed by atoms with Gasteiger partial charge in [0.2, 0.25) is 11.7 Å². The van der Waals surface area contributed by atoms with E-state index in [0.717, 1.165) is 22.0 Å². The van der Waals surface area contributed by atoms with Crippen molar-refractivity contribution >= 4 is 16.8 Å². The highest BCUT2D eigenvalue weighted by molar-refractivity contribution is 5.94. The molecule has 2 N–H and O–H groups in total. The van der Waals surface area contributed by atoms with E-state index in [0.29, 0.717) is 30.2 Å². The van der Waals surface area contributed by atoms with Gasteiger partial charge in [-0.05, 0) is 29.7 Å². The Labute approximate surface area is 162 Å². The fourth-order valence-electron chi connectivity index (χ4n) is 3.21. The molecule has 0 radical (unpaired) electrons. The van der Waals surface area contributed by atoms with E-state index in [1.165, 1.54) is 12.1 Å². The number of H-pyrrole nitrogens is 1. The Hall–Kier alpha value is -3.22. The predicted molar refractivity (Wildman–Crippen MR) is 105 cm³/mol. The lowest BCUT2D eigenvalue weighted by Crippen LogP contribution is -2.27. The Morgan fingerprint density at radius 2 is 1.79 bits per heavy atom. The molecule has 1 amide bonds. The van der Waals surface area contributed by atoms with Gasteiger partial charge < -0.3 is 24.5 Å². The Morgan fingerprint density at radius 3 is 2.43 bits per heavy atom. The van der Waals surface area contributed by atoms with Crippen LogP contribution in [-0.4, -0.2) is 38.8 Å². The second-order valence-corrected chi connectivity index (χ2v) is 6.28. The van der Waals surface area contributed by atoms with Gasteiger partial charge in [0.15, 0.2) is 11.5 Å². The number of fused-ring (bicyclic) bond motifs is 1. The second kappa shape index (κ2) is 8.65. The molecule has 2 aromatic carbocycles. The third-order valence-electron chi connectivity index (χ3n) is 4.55. The number of methoxy groups -OCH3 is 3. The fourth-order valence-corrected chi connectivity index (χ4v) is 3.21. The SMILES string of the molecule is COc1cc2[nH]cc(CCNC(=O)Cc3ccc(F)cc3)c2c(OC)c1OC. The molecule has 0 spiro atoms. The van der Waals surface area contributed by atoms with Gasteiger partial charge in [-0.15, -0.1) is 0 Å². The van der Waals surface area contributed by atoms with Crippen LogP contribution in [0.5, 0.6) is 17.2 Å². The standard InChI is InChI=1S/C21H23FN2O4/c1-26-17-11-16-19(21(28-3)20(17)27-2)14(12-24-16)8-9-23-18(25)10-13-4-6-15(22)7-5-13/h4-7,11-12,24H,8-10H2,1-3H3,(H,23,25). The zero-order chi connectivity index (χ0) is 20.1. The van der Waals surface area contributed by atoms with E-state index in [1.807, 2.05) is 12.3 Å². The lowest BCUT2D eigenvalue weighted by atomic mass is 10.1. The number of nitrogens with one attached hydrogen (secondary N) is 2. The van der Waals surface area contributed by atoms with E-state index in [1.54, 1.807) is 33.5 Å². The van der Waals surface area contributed by atoms with Gasteiger partial charge >= 0.3 is 0 Å². The number of hydrogen-bond donors (Lipinski definition) is 2. The molecule has 0 fully saturated rings. The first-order valence-corrected chi connectivity index (χ1v) is 8.87. The predicted octanol–water partition coefficient (Wildman–Crippen LogP) is 3.23. The van der Waals surface area contributed by atoms with Crippen molar-refractivity contribution in [3.05, 3.63) is 53.5 Å². The first-order valence-electron chi connectivity index (χ1n) is 8.87. The maximum Gasteiger partial charge on any atom is 0.224 e. The number of amides is 1. The van der Waals surface area contributed by atoms with Gasteiger partial charge in [0.05, 0.1) is 33.3 Å². The van der Waals surface area contributed by atoms with Gasteiger partial charge in [0, 0.05) is 24.2 Å². The molecule has 0 atom stereocenters. The normalized spacial score (nSPS) is 10.7. The van der Waals surface area contributed by atoms with Gasteiger partial charge in [0.25, 0.3) is 0 Å². The van der Waals surface area contributed by atoms with Crippen molar-refractivity contribution in [1.82, 2.24) is 10.3 Å². The number of benzene rings is 2. The topological polar surface area (TPSA) is 72.6 Å². The van der Waals surface area contributed by atoms with Gasteiger partial charge in [-0.1, -0.05) is 12.1 Å². The highest BCUT2D eigenvalue weighted by Gasteiger charge is 2.19. The third kappa shape index (κ3) is 4.03. The van der Waals surface area contributed by atoms with Crippen LogP contribution in [0.4, 0.5) is 4.39 Å². The van der Waals surface area contributed by atoms with Crippen molar-refractivity contribution in [2.75, 3.05) is 27.9 Å². The number of hydrogen-bond acceptors (Lipinski definition) is 4. The van der Waals surface area contributed by atoms with Crippen LogP contribution in [0.2, 0.25) is 0 Å². The van der Waals surface area contributed by atoms with Crippen molar-refractivity contribution in [2.45, 2.75) is 12.8 Å². The van der Waals surface area contributed by atoms with Crippen LogP contribution >= 0.6 is 0 Å². The largest absolute Gasteiger partial charge is 0.493 e. The molecular weight excluding hydrogens is 363 g/mol. The van der Waals surface area contributed by atoms with Crippen LogP contribution in [0, 0.1) is 5.82 Å². The maximum absolute atomic E-state index is 12.9. The molecule has 0 aliphatic heterocycles. The van der Waals surface area contributed by atoms with Gasteiger partial charge in [0.1, 0.15) is 5.82 Å². The van der Waals surface area contributed by atoms with Crippen LogP contribution in [-0.2, 0) is 17.6 Å². The Kier molecular flexibility index (Phi) is 6.03. The number of aromatic amines is 1. The van der Waals surface area contributed by atoms with Crippen LogP contribution < -0.4 is 19.5 Å². The summed E-state index contributed by atoms with van der Waals surface area (Å²) in [5.41, 5.74) is 2.63. The molecule has 0 unspecified atom stereocenters. The minimum atomic E-state index is -0.315. The van der Waals surface area contributed by atoms with E-state index in [4.69, 9.17) is 14.2 Å². The van der Waals surface area contributed by atoms with Crippen LogP contribution in [0.25, 0.3) is 10.9 Å². The number of carbonyl (C=O) groups excluding carboxylic acids is 1. The lowest BCUT2D eigenvalue weighted by Gasteiger charge is -2.14. The van der Waals surface area contributed by atoms with Crippen LogP contribution in [0.3, 0.4) is 0 Å². The molecular formula is C21H23FN2O4. The Bertz CT molecular complexity index is 967. The van der Waals surface area contributed by atoms with Crippen molar-refractivity contribution in [3.8, 4) is 17.2 Å². The summed E-state index contributed by atoms with van der Waals surface area (Å²) >= 11 is 0. The minimum absolute atomic E-state index is 0.113. The molecule has 3 aromatic rings. The zero-order valence-electron chi connectivity index (χ0n) is 16.1. The smallest absolute Gasteiger partial charge is 0.224 e. The molecule has 148 valence electrons. The quantitative estimate of drug-likeness (QED) is 0.623. The average molecular weight is 386 g/mol. The molecule has 1 heterocycles. The van der Waals surface area contributed by atoms with E-state index >= 15 is 0 Å². The monoisotopic (exact) mass is 386 g/mol. The fraction of sp³-hybridized carbons (Fsp3) is 0.286. The van der Waals surface area contributed by atoms with Gasteiger partial charge in [-0.25, -0.2) is 4.39 Å². The molecule has 3 rings (SSSR count). The van der Waals surface area contributed by atoms with Gasteiger partial charge in [-0.3, -0.25) is 4.79 Å².